The lowest BCUT2D eigenvalue weighted by atomic mass is 9.92. The molecule has 0 amide bonds. The van der Waals surface area contributed by atoms with Crippen LogP contribution in [0.1, 0.15) is 23.5 Å². The first-order chi connectivity index (χ1) is 10.1. The number of aryl methyl sites for hydroxylation is 1. The highest BCUT2D eigenvalue weighted by atomic mass is 35.5. The van der Waals surface area contributed by atoms with Crippen molar-refractivity contribution < 1.29 is 9.18 Å². The molecule has 0 spiro atoms. The zero-order chi connectivity index (χ0) is 15.2. The van der Waals surface area contributed by atoms with Gasteiger partial charge in [-0.05, 0) is 24.1 Å². The molecule has 0 aliphatic heterocycles. The molecule has 21 heavy (non-hydrogen) atoms. The summed E-state index contributed by atoms with van der Waals surface area (Å²) < 4.78 is 13.8. The first kappa shape index (κ1) is 15.2. The maximum absolute atomic E-state index is 13.8. The van der Waals surface area contributed by atoms with Gasteiger partial charge in [-0.3, -0.25) is 4.79 Å². The van der Waals surface area contributed by atoms with Gasteiger partial charge < -0.3 is 0 Å². The third-order valence-electron chi connectivity index (χ3n) is 3.24. The lowest BCUT2D eigenvalue weighted by Gasteiger charge is -2.11. The standard InChI is InChI=1S/C17H13ClFNO/c18-14-7-4-8-15(19)17(14)13(11-20)16(21)10-9-12-5-2-1-3-6-12/h1-8,13H,9-10H2. The minimum atomic E-state index is -1.16. The number of nitriles is 1. The summed E-state index contributed by atoms with van der Waals surface area (Å²) in [5.74, 6) is -2.11. The molecule has 2 rings (SSSR count). The lowest BCUT2D eigenvalue weighted by molar-refractivity contribution is -0.119. The van der Waals surface area contributed by atoms with Gasteiger partial charge in [0.15, 0.2) is 5.78 Å². The fourth-order valence-corrected chi connectivity index (χ4v) is 2.41. The van der Waals surface area contributed by atoms with Crippen LogP contribution in [0.2, 0.25) is 5.02 Å². The van der Waals surface area contributed by atoms with Crippen LogP contribution < -0.4 is 0 Å². The maximum Gasteiger partial charge on any atom is 0.154 e. The van der Waals surface area contributed by atoms with Crippen molar-refractivity contribution in [3.8, 4) is 6.07 Å². The van der Waals surface area contributed by atoms with Gasteiger partial charge in [0.1, 0.15) is 11.7 Å². The van der Waals surface area contributed by atoms with Crippen molar-refractivity contribution in [1.82, 2.24) is 0 Å². The molecule has 2 nitrogen and oxygen atoms in total. The van der Waals surface area contributed by atoms with Crippen LogP contribution in [0, 0.1) is 17.1 Å². The number of hydrogen-bond donors (Lipinski definition) is 0. The number of benzene rings is 2. The largest absolute Gasteiger partial charge is 0.298 e. The molecule has 1 atom stereocenters. The number of Topliss-reactive ketones (excluding diaryl/α,β-unsaturated/α-hetero) is 1. The van der Waals surface area contributed by atoms with Gasteiger partial charge in [-0.15, -0.1) is 0 Å². The van der Waals surface area contributed by atoms with E-state index in [9.17, 15) is 14.4 Å². The number of ketones is 1. The predicted molar refractivity (Wildman–Crippen MR) is 79.5 cm³/mol. The minimum Gasteiger partial charge on any atom is -0.298 e. The molecule has 2 aromatic carbocycles. The molecule has 0 saturated carbocycles. The summed E-state index contributed by atoms with van der Waals surface area (Å²) in [5, 5.41) is 9.31. The average molecular weight is 302 g/mol. The Bertz CT molecular complexity index is 659. The first-order valence-electron chi connectivity index (χ1n) is 6.53. The van der Waals surface area contributed by atoms with E-state index in [1.807, 2.05) is 36.4 Å². The highest BCUT2D eigenvalue weighted by Gasteiger charge is 2.25. The SMILES string of the molecule is N#CC(C(=O)CCc1ccccc1)c1c(F)cccc1Cl. The zero-order valence-electron chi connectivity index (χ0n) is 11.2. The molecule has 4 heteroatoms. The molecule has 0 N–H and O–H groups in total. The smallest absolute Gasteiger partial charge is 0.154 e. The second-order valence-electron chi connectivity index (χ2n) is 4.65. The van der Waals surface area contributed by atoms with E-state index in [4.69, 9.17) is 11.6 Å². The predicted octanol–water partition coefficient (Wildman–Crippen LogP) is 4.29. The summed E-state index contributed by atoms with van der Waals surface area (Å²) >= 11 is 5.92. The number of hydrogen-bond acceptors (Lipinski definition) is 2. The first-order valence-corrected chi connectivity index (χ1v) is 6.91. The van der Waals surface area contributed by atoms with Crippen LogP contribution in [-0.2, 0) is 11.2 Å². The van der Waals surface area contributed by atoms with E-state index in [1.165, 1.54) is 18.2 Å². The van der Waals surface area contributed by atoms with Crippen LogP contribution in [-0.4, -0.2) is 5.78 Å². The zero-order valence-corrected chi connectivity index (χ0v) is 12.0. The van der Waals surface area contributed by atoms with Gasteiger partial charge in [-0.25, -0.2) is 4.39 Å². The second kappa shape index (κ2) is 7.01. The number of rotatable bonds is 5. The Balaban J connectivity index is 2.15. The van der Waals surface area contributed by atoms with Crippen molar-refractivity contribution in [1.29, 1.82) is 5.26 Å². The Hall–Kier alpha value is -2.18. The van der Waals surface area contributed by atoms with Crippen LogP contribution in [0.4, 0.5) is 4.39 Å². The number of carbonyl (C=O) groups excluding carboxylic acids is 1. The van der Waals surface area contributed by atoms with E-state index in [0.29, 0.717) is 6.42 Å². The summed E-state index contributed by atoms with van der Waals surface area (Å²) in [5.41, 5.74) is 0.974. The molecule has 0 radical (unpaired) electrons. The fraction of sp³-hybridized carbons (Fsp3) is 0.176. The molecule has 0 heterocycles. The van der Waals surface area contributed by atoms with Gasteiger partial charge in [0.05, 0.1) is 6.07 Å². The molecule has 1 unspecified atom stereocenters. The van der Waals surface area contributed by atoms with Crippen LogP contribution >= 0.6 is 11.6 Å². The normalized spacial score (nSPS) is 11.7. The molecule has 0 saturated heterocycles. The highest BCUT2D eigenvalue weighted by molar-refractivity contribution is 6.31. The van der Waals surface area contributed by atoms with E-state index in [2.05, 4.69) is 0 Å². The molecule has 0 aliphatic rings. The van der Waals surface area contributed by atoms with Crippen molar-refractivity contribution in [2.24, 2.45) is 0 Å². The summed E-state index contributed by atoms with van der Waals surface area (Å²) in [4.78, 5) is 12.2. The summed E-state index contributed by atoms with van der Waals surface area (Å²) in [6.45, 7) is 0. The summed E-state index contributed by atoms with van der Waals surface area (Å²) in [7, 11) is 0. The Morgan fingerprint density at radius 3 is 2.52 bits per heavy atom. The van der Waals surface area contributed by atoms with Crippen LogP contribution in [0.5, 0.6) is 0 Å². The second-order valence-corrected chi connectivity index (χ2v) is 5.06. The fourth-order valence-electron chi connectivity index (χ4n) is 2.14. The summed E-state index contributed by atoms with van der Waals surface area (Å²) in [6.07, 6.45) is 0.691. The molecular formula is C17H13ClFNO. The Morgan fingerprint density at radius 2 is 1.90 bits per heavy atom. The van der Waals surface area contributed by atoms with E-state index >= 15 is 0 Å². The van der Waals surface area contributed by atoms with E-state index in [0.717, 1.165) is 5.56 Å². The minimum absolute atomic E-state index is 0.0280. The molecular weight excluding hydrogens is 289 g/mol. The highest BCUT2D eigenvalue weighted by Crippen LogP contribution is 2.28. The van der Waals surface area contributed by atoms with Crippen molar-refractivity contribution in [3.05, 3.63) is 70.5 Å². The third-order valence-corrected chi connectivity index (χ3v) is 3.57. The summed E-state index contributed by atoms with van der Waals surface area (Å²) in [6, 6.07) is 15.5. The van der Waals surface area contributed by atoms with Crippen molar-refractivity contribution in [2.75, 3.05) is 0 Å². The van der Waals surface area contributed by atoms with Gasteiger partial charge >= 0.3 is 0 Å². The van der Waals surface area contributed by atoms with Gasteiger partial charge in [-0.2, -0.15) is 5.26 Å². The van der Waals surface area contributed by atoms with Gasteiger partial charge in [0.2, 0.25) is 0 Å². The van der Waals surface area contributed by atoms with Crippen molar-refractivity contribution in [3.63, 3.8) is 0 Å². The van der Waals surface area contributed by atoms with Crippen LogP contribution in [0.15, 0.2) is 48.5 Å². The third kappa shape index (κ3) is 3.68. The van der Waals surface area contributed by atoms with Gasteiger partial charge in [0, 0.05) is 17.0 Å². The number of carbonyl (C=O) groups is 1. The quantitative estimate of drug-likeness (QED) is 0.826. The van der Waals surface area contributed by atoms with E-state index in [-0.39, 0.29) is 22.8 Å². The van der Waals surface area contributed by atoms with Crippen molar-refractivity contribution in [2.45, 2.75) is 18.8 Å². The molecule has 0 aromatic heterocycles. The maximum atomic E-state index is 13.8. The van der Waals surface area contributed by atoms with Gasteiger partial charge in [-0.1, -0.05) is 48.0 Å². The topological polar surface area (TPSA) is 40.9 Å². The van der Waals surface area contributed by atoms with E-state index < -0.39 is 11.7 Å². The Labute approximate surface area is 127 Å². The van der Waals surface area contributed by atoms with Crippen molar-refractivity contribution >= 4 is 17.4 Å². The molecule has 0 bridgehead atoms. The number of nitrogens with zero attached hydrogens (tertiary/aromatic N) is 1. The van der Waals surface area contributed by atoms with E-state index in [1.54, 1.807) is 0 Å². The lowest BCUT2D eigenvalue weighted by Crippen LogP contribution is -2.13. The monoisotopic (exact) mass is 301 g/mol. The Morgan fingerprint density at radius 1 is 1.19 bits per heavy atom. The van der Waals surface area contributed by atoms with Gasteiger partial charge in [0.25, 0.3) is 0 Å². The molecule has 0 aliphatic carbocycles. The van der Waals surface area contributed by atoms with Crippen LogP contribution in [0.25, 0.3) is 0 Å². The molecule has 106 valence electrons. The number of halogens is 2. The molecule has 0 fully saturated rings. The Kier molecular flexibility index (Phi) is 5.08. The van der Waals surface area contributed by atoms with Crippen LogP contribution in [0.3, 0.4) is 0 Å². The molecule has 2 aromatic rings. The average Bonchev–Trinajstić information content (AvgIpc) is 2.50.